The molecule has 1 aromatic heterocycles. The van der Waals surface area contributed by atoms with Crippen molar-refractivity contribution in [3.63, 3.8) is 0 Å². The van der Waals surface area contributed by atoms with Crippen LogP contribution >= 0.6 is 0 Å². The Morgan fingerprint density at radius 1 is 1.20 bits per heavy atom. The number of rotatable bonds is 6. The van der Waals surface area contributed by atoms with Gasteiger partial charge in [-0.25, -0.2) is 0 Å². The molecule has 0 bridgehead atoms. The van der Waals surface area contributed by atoms with Gasteiger partial charge in [-0.3, -0.25) is 16.3 Å². The summed E-state index contributed by atoms with van der Waals surface area (Å²) in [4.78, 5) is 4.12. The summed E-state index contributed by atoms with van der Waals surface area (Å²) in [5.41, 5.74) is 5.14. The highest BCUT2D eigenvalue weighted by molar-refractivity contribution is 5.30. The summed E-state index contributed by atoms with van der Waals surface area (Å²) < 4.78 is 5.64. The van der Waals surface area contributed by atoms with Gasteiger partial charge in [0, 0.05) is 12.4 Å². The lowest BCUT2D eigenvalue weighted by Crippen LogP contribution is -2.29. The zero-order valence-electron chi connectivity index (χ0n) is 11.9. The molecule has 0 aliphatic heterocycles. The molecule has 0 aliphatic carbocycles. The Kier molecular flexibility index (Phi) is 5.09. The van der Waals surface area contributed by atoms with Crippen LogP contribution in [0.2, 0.25) is 0 Å². The molecule has 2 aromatic rings. The quantitative estimate of drug-likeness (QED) is 0.626. The van der Waals surface area contributed by atoms with Gasteiger partial charge in [-0.2, -0.15) is 0 Å². The van der Waals surface area contributed by atoms with Crippen LogP contribution in [0, 0.1) is 0 Å². The Balaban J connectivity index is 2.07. The van der Waals surface area contributed by atoms with Crippen molar-refractivity contribution in [2.45, 2.75) is 32.4 Å². The van der Waals surface area contributed by atoms with Crippen LogP contribution in [0.25, 0.3) is 0 Å². The molecule has 0 fully saturated rings. The average molecular weight is 271 g/mol. The Hall–Kier alpha value is -1.91. The maximum atomic E-state index is 5.67. The number of hydrazine groups is 1. The second-order valence-electron chi connectivity index (χ2n) is 5.02. The van der Waals surface area contributed by atoms with E-state index in [0.717, 1.165) is 23.3 Å². The second-order valence-corrected chi connectivity index (χ2v) is 5.02. The van der Waals surface area contributed by atoms with Gasteiger partial charge >= 0.3 is 0 Å². The van der Waals surface area contributed by atoms with E-state index in [2.05, 4.69) is 10.4 Å². The maximum absolute atomic E-state index is 5.67. The highest BCUT2D eigenvalue weighted by atomic mass is 16.5. The zero-order valence-corrected chi connectivity index (χ0v) is 11.9. The Morgan fingerprint density at radius 2 is 1.95 bits per heavy atom. The number of aromatic nitrogens is 1. The third-order valence-electron chi connectivity index (χ3n) is 3.02. The van der Waals surface area contributed by atoms with Gasteiger partial charge in [0.2, 0.25) is 0 Å². The molecular formula is C16H21N3O. The number of ether oxygens (including phenoxy) is 1. The standard InChI is InChI=1S/C16H21N3O/c1-12(2)20-15-7-5-14(6-8-15)16(19-17)10-13-4-3-9-18-11-13/h3-9,11-12,16,19H,10,17H2,1-2H3. The van der Waals surface area contributed by atoms with Crippen LogP contribution in [0.4, 0.5) is 0 Å². The smallest absolute Gasteiger partial charge is 0.119 e. The van der Waals surface area contributed by atoms with Gasteiger partial charge in [0.05, 0.1) is 12.1 Å². The average Bonchev–Trinajstić information content (AvgIpc) is 2.46. The zero-order chi connectivity index (χ0) is 14.4. The lowest BCUT2D eigenvalue weighted by molar-refractivity contribution is 0.242. The molecule has 20 heavy (non-hydrogen) atoms. The van der Waals surface area contributed by atoms with Gasteiger partial charge in [-0.05, 0) is 49.6 Å². The molecule has 0 spiro atoms. The van der Waals surface area contributed by atoms with Crippen molar-refractivity contribution in [2.24, 2.45) is 5.84 Å². The molecule has 0 aliphatic rings. The highest BCUT2D eigenvalue weighted by Crippen LogP contribution is 2.21. The van der Waals surface area contributed by atoms with Gasteiger partial charge in [0.25, 0.3) is 0 Å². The topological polar surface area (TPSA) is 60.2 Å². The van der Waals surface area contributed by atoms with Gasteiger partial charge in [-0.15, -0.1) is 0 Å². The number of benzene rings is 1. The van der Waals surface area contributed by atoms with Crippen molar-refractivity contribution in [3.05, 3.63) is 59.9 Å². The molecule has 4 nitrogen and oxygen atoms in total. The first-order chi connectivity index (χ1) is 9.69. The molecular weight excluding hydrogens is 250 g/mol. The first-order valence-corrected chi connectivity index (χ1v) is 6.80. The molecule has 1 unspecified atom stereocenters. The molecule has 3 N–H and O–H groups in total. The van der Waals surface area contributed by atoms with Gasteiger partial charge in [-0.1, -0.05) is 18.2 Å². The Bertz CT molecular complexity index is 511. The van der Waals surface area contributed by atoms with Crippen LogP contribution < -0.4 is 16.0 Å². The monoisotopic (exact) mass is 271 g/mol. The van der Waals surface area contributed by atoms with Crippen LogP contribution in [0.15, 0.2) is 48.8 Å². The minimum Gasteiger partial charge on any atom is -0.491 e. The lowest BCUT2D eigenvalue weighted by atomic mass is 10.0. The Morgan fingerprint density at radius 3 is 2.50 bits per heavy atom. The van der Waals surface area contributed by atoms with E-state index in [4.69, 9.17) is 10.6 Å². The molecule has 0 saturated carbocycles. The fourth-order valence-corrected chi connectivity index (χ4v) is 2.08. The first-order valence-electron chi connectivity index (χ1n) is 6.80. The molecule has 2 rings (SSSR count). The van der Waals surface area contributed by atoms with E-state index in [-0.39, 0.29) is 12.1 Å². The molecule has 106 valence electrons. The fraction of sp³-hybridized carbons (Fsp3) is 0.312. The number of hydrogen-bond acceptors (Lipinski definition) is 4. The molecule has 1 atom stereocenters. The van der Waals surface area contributed by atoms with Crippen molar-refractivity contribution in [2.75, 3.05) is 0 Å². The van der Waals surface area contributed by atoms with Crippen molar-refractivity contribution >= 4 is 0 Å². The summed E-state index contributed by atoms with van der Waals surface area (Å²) in [5.74, 6) is 6.55. The van der Waals surface area contributed by atoms with E-state index in [1.54, 1.807) is 6.20 Å². The summed E-state index contributed by atoms with van der Waals surface area (Å²) in [7, 11) is 0. The number of pyridine rings is 1. The van der Waals surface area contributed by atoms with Crippen LogP contribution in [0.5, 0.6) is 5.75 Å². The van der Waals surface area contributed by atoms with E-state index >= 15 is 0 Å². The van der Waals surface area contributed by atoms with E-state index in [1.807, 2.05) is 56.4 Å². The highest BCUT2D eigenvalue weighted by Gasteiger charge is 2.11. The summed E-state index contributed by atoms with van der Waals surface area (Å²) >= 11 is 0. The van der Waals surface area contributed by atoms with Gasteiger partial charge in [0.1, 0.15) is 5.75 Å². The first kappa shape index (κ1) is 14.5. The Labute approximate surface area is 120 Å². The summed E-state index contributed by atoms with van der Waals surface area (Å²) in [5, 5.41) is 0. The third kappa shape index (κ3) is 4.05. The van der Waals surface area contributed by atoms with E-state index in [9.17, 15) is 0 Å². The molecule has 1 aromatic carbocycles. The minimum absolute atomic E-state index is 0.0623. The molecule has 4 heteroatoms. The van der Waals surface area contributed by atoms with Crippen molar-refractivity contribution in [3.8, 4) is 5.75 Å². The number of nitrogens with two attached hydrogens (primary N) is 1. The molecule has 0 amide bonds. The second kappa shape index (κ2) is 7.03. The minimum atomic E-state index is 0.0623. The van der Waals surface area contributed by atoms with Crippen molar-refractivity contribution < 1.29 is 4.74 Å². The van der Waals surface area contributed by atoms with Gasteiger partial charge < -0.3 is 4.74 Å². The number of hydrogen-bond donors (Lipinski definition) is 2. The summed E-state index contributed by atoms with van der Waals surface area (Å²) in [6.07, 6.45) is 4.61. The maximum Gasteiger partial charge on any atom is 0.119 e. The van der Waals surface area contributed by atoms with Crippen LogP contribution in [-0.2, 0) is 6.42 Å². The SMILES string of the molecule is CC(C)Oc1ccc(C(Cc2cccnc2)NN)cc1. The van der Waals surface area contributed by atoms with Crippen molar-refractivity contribution in [1.29, 1.82) is 0 Å². The predicted octanol–water partition coefficient (Wildman–Crippen LogP) is 2.62. The molecule has 1 heterocycles. The lowest BCUT2D eigenvalue weighted by Gasteiger charge is -2.17. The van der Waals surface area contributed by atoms with E-state index in [0.29, 0.717) is 0 Å². The van der Waals surface area contributed by atoms with Crippen LogP contribution in [0.3, 0.4) is 0 Å². The predicted molar refractivity (Wildman–Crippen MR) is 80.2 cm³/mol. The molecule has 0 saturated heterocycles. The number of nitrogens with zero attached hydrogens (tertiary/aromatic N) is 1. The summed E-state index contributed by atoms with van der Waals surface area (Å²) in [6.45, 7) is 4.03. The van der Waals surface area contributed by atoms with E-state index in [1.165, 1.54) is 0 Å². The van der Waals surface area contributed by atoms with Crippen LogP contribution in [-0.4, -0.2) is 11.1 Å². The van der Waals surface area contributed by atoms with Crippen LogP contribution in [0.1, 0.15) is 31.0 Å². The molecule has 0 radical (unpaired) electrons. The largest absolute Gasteiger partial charge is 0.491 e. The van der Waals surface area contributed by atoms with Crippen molar-refractivity contribution in [1.82, 2.24) is 10.4 Å². The van der Waals surface area contributed by atoms with E-state index < -0.39 is 0 Å². The summed E-state index contributed by atoms with van der Waals surface area (Å²) in [6, 6.07) is 12.1. The van der Waals surface area contributed by atoms with Gasteiger partial charge in [0.15, 0.2) is 0 Å². The fourth-order valence-electron chi connectivity index (χ4n) is 2.08. The number of nitrogens with one attached hydrogen (secondary N) is 1. The third-order valence-corrected chi connectivity index (χ3v) is 3.02. The normalized spacial score (nSPS) is 12.4.